The zero-order valence-electron chi connectivity index (χ0n) is 14.3. The van der Waals surface area contributed by atoms with E-state index in [2.05, 4.69) is 10.2 Å². The topological polar surface area (TPSA) is 71.1 Å². The van der Waals surface area contributed by atoms with E-state index in [1.807, 2.05) is 18.2 Å². The van der Waals surface area contributed by atoms with Gasteiger partial charge in [0.25, 0.3) is 0 Å². The molecule has 24 heavy (non-hydrogen) atoms. The predicted molar refractivity (Wildman–Crippen MR) is 90.3 cm³/mol. The molecule has 132 valence electrons. The number of rotatable bonds is 8. The van der Waals surface area contributed by atoms with Gasteiger partial charge in [-0.2, -0.15) is 0 Å². The maximum Gasteiger partial charge on any atom is 0.234 e. The Morgan fingerprint density at radius 3 is 2.50 bits per heavy atom. The summed E-state index contributed by atoms with van der Waals surface area (Å²) in [7, 11) is 3.21. The van der Waals surface area contributed by atoms with Crippen molar-refractivity contribution in [3.05, 3.63) is 23.8 Å². The summed E-state index contributed by atoms with van der Waals surface area (Å²) in [6, 6.07) is 5.75. The van der Waals surface area contributed by atoms with Crippen LogP contribution in [0, 0.1) is 0 Å². The molecule has 1 aliphatic heterocycles. The minimum Gasteiger partial charge on any atom is -0.493 e. The van der Waals surface area contributed by atoms with Gasteiger partial charge < -0.3 is 19.7 Å². The Morgan fingerprint density at radius 2 is 1.88 bits per heavy atom. The lowest BCUT2D eigenvalue weighted by Crippen LogP contribution is -2.49. The first-order valence-corrected chi connectivity index (χ1v) is 8.05. The number of hydrogen-bond donors (Lipinski definition) is 1. The normalized spacial score (nSPS) is 15.0. The zero-order chi connectivity index (χ0) is 17.4. The zero-order valence-corrected chi connectivity index (χ0v) is 14.3. The largest absolute Gasteiger partial charge is 0.493 e. The van der Waals surface area contributed by atoms with Crippen molar-refractivity contribution in [3.8, 4) is 11.5 Å². The van der Waals surface area contributed by atoms with E-state index in [-0.39, 0.29) is 5.91 Å². The van der Waals surface area contributed by atoms with Gasteiger partial charge in [0, 0.05) is 32.7 Å². The Bertz CT molecular complexity index is 557. The number of hydrogen-bond acceptors (Lipinski definition) is 5. The third-order valence-corrected chi connectivity index (χ3v) is 4.11. The van der Waals surface area contributed by atoms with Gasteiger partial charge in [-0.1, -0.05) is 6.07 Å². The second-order valence-corrected chi connectivity index (χ2v) is 5.71. The van der Waals surface area contributed by atoms with Crippen molar-refractivity contribution in [2.24, 2.45) is 0 Å². The van der Waals surface area contributed by atoms with Crippen LogP contribution in [0.25, 0.3) is 0 Å². The molecule has 0 radical (unpaired) electrons. The van der Waals surface area contributed by atoms with Crippen molar-refractivity contribution in [3.63, 3.8) is 0 Å². The highest BCUT2D eigenvalue weighted by Crippen LogP contribution is 2.27. The quantitative estimate of drug-likeness (QED) is 0.684. The highest BCUT2D eigenvalue weighted by atomic mass is 16.5. The maximum atomic E-state index is 12.0. The van der Waals surface area contributed by atoms with E-state index in [9.17, 15) is 9.59 Å². The molecule has 2 amide bonds. The number of amides is 2. The lowest BCUT2D eigenvalue weighted by Gasteiger charge is -2.31. The minimum atomic E-state index is 0.00929. The average molecular weight is 335 g/mol. The molecule has 1 aromatic carbocycles. The summed E-state index contributed by atoms with van der Waals surface area (Å²) in [5, 5.41) is 2.93. The summed E-state index contributed by atoms with van der Waals surface area (Å²) in [4.78, 5) is 26.4. The molecule has 0 saturated carbocycles. The summed E-state index contributed by atoms with van der Waals surface area (Å²) < 4.78 is 10.5. The fourth-order valence-corrected chi connectivity index (χ4v) is 2.67. The molecule has 2 rings (SSSR count). The second kappa shape index (κ2) is 9.12. The second-order valence-electron chi connectivity index (χ2n) is 5.71. The molecule has 1 heterocycles. The van der Waals surface area contributed by atoms with Crippen LogP contribution in [0.1, 0.15) is 5.56 Å². The number of methoxy groups -OCH3 is 2. The summed E-state index contributed by atoms with van der Waals surface area (Å²) in [5.74, 6) is 1.39. The molecule has 1 aliphatic rings. The molecule has 0 unspecified atom stereocenters. The number of nitrogens with zero attached hydrogens (tertiary/aromatic N) is 2. The summed E-state index contributed by atoms with van der Waals surface area (Å²) >= 11 is 0. The monoisotopic (exact) mass is 335 g/mol. The van der Waals surface area contributed by atoms with Crippen LogP contribution in [0.15, 0.2) is 18.2 Å². The number of benzene rings is 1. The fraction of sp³-hybridized carbons (Fsp3) is 0.529. The lowest BCUT2D eigenvalue weighted by atomic mass is 10.1. The number of ether oxygens (including phenoxy) is 2. The Hall–Kier alpha value is -2.28. The first-order chi connectivity index (χ1) is 11.7. The molecule has 0 spiro atoms. The van der Waals surface area contributed by atoms with Gasteiger partial charge in [0.05, 0.1) is 20.8 Å². The van der Waals surface area contributed by atoms with E-state index in [1.54, 1.807) is 19.1 Å². The SMILES string of the molecule is COc1ccc(CCNC(=O)CN2CCN(C=O)CC2)cc1OC. The van der Waals surface area contributed by atoms with E-state index in [0.29, 0.717) is 37.7 Å². The standard InChI is InChI=1S/C17H25N3O4/c1-23-15-4-3-14(11-16(15)24-2)5-6-18-17(22)12-19-7-9-20(13-21)10-8-19/h3-4,11,13H,5-10,12H2,1-2H3,(H,18,22). The first-order valence-electron chi connectivity index (χ1n) is 8.05. The molecule has 0 aliphatic carbocycles. The van der Waals surface area contributed by atoms with E-state index in [1.165, 1.54) is 0 Å². The number of nitrogens with one attached hydrogen (secondary N) is 1. The molecule has 7 nitrogen and oxygen atoms in total. The maximum absolute atomic E-state index is 12.0. The van der Waals surface area contributed by atoms with Crippen LogP contribution >= 0.6 is 0 Å². The Labute approximate surface area is 142 Å². The number of carbonyl (C=O) groups excluding carboxylic acids is 2. The Morgan fingerprint density at radius 1 is 1.17 bits per heavy atom. The third kappa shape index (κ3) is 5.13. The number of piperazine rings is 1. The van der Waals surface area contributed by atoms with Crippen LogP contribution in [-0.4, -0.2) is 75.6 Å². The van der Waals surface area contributed by atoms with Gasteiger partial charge >= 0.3 is 0 Å². The van der Waals surface area contributed by atoms with Crippen LogP contribution in [0.3, 0.4) is 0 Å². The lowest BCUT2D eigenvalue weighted by molar-refractivity contribution is -0.123. The predicted octanol–water partition coefficient (Wildman–Crippen LogP) is 0.137. The third-order valence-electron chi connectivity index (χ3n) is 4.11. The van der Waals surface area contributed by atoms with E-state index in [4.69, 9.17) is 9.47 Å². The molecular weight excluding hydrogens is 310 g/mol. The van der Waals surface area contributed by atoms with Gasteiger partial charge in [0.2, 0.25) is 12.3 Å². The molecular formula is C17H25N3O4. The molecule has 7 heteroatoms. The van der Waals surface area contributed by atoms with Crippen molar-refractivity contribution in [2.75, 3.05) is 53.5 Å². The van der Waals surface area contributed by atoms with Crippen LogP contribution in [0.5, 0.6) is 11.5 Å². The van der Waals surface area contributed by atoms with E-state index < -0.39 is 0 Å². The summed E-state index contributed by atoms with van der Waals surface area (Å²) in [6.45, 7) is 3.79. The first kappa shape index (κ1) is 18.1. The van der Waals surface area contributed by atoms with Crippen LogP contribution in [-0.2, 0) is 16.0 Å². The van der Waals surface area contributed by atoms with Gasteiger partial charge in [0.15, 0.2) is 11.5 Å². The van der Waals surface area contributed by atoms with Crippen LogP contribution in [0.4, 0.5) is 0 Å². The molecule has 0 atom stereocenters. The molecule has 1 fully saturated rings. The van der Waals surface area contributed by atoms with Gasteiger partial charge in [-0.05, 0) is 24.1 Å². The molecule has 1 saturated heterocycles. The van der Waals surface area contributed by atoms with E-state index in [0.717, 1.165) is 31.5 Å². The Balaban J connectivity index is 1.72. The fourth-order valence-electron chi connectivity index (χ4n) is 2.67. The molecule has 0 aromatic heterocycles. The van der Waals surface area contributed by atoms with Crippen LogP contribution < -0.4 is 14.8 Å². The minimum absolute atomic E-state index is 0.00929. The number of carbonyl (C=O) groups is 2. The van der Waals surface area contributed by atoms with Gasteiger partial charge in [-0.3, -0.25) is 14.5 Å². The molecule has 1 N–H and O–H groups in total. The Kier molecular flexibility index (Phi) is 6.87. The van der Waals surface area contributed by atoms with Crippen molar-refractivity contribution in [1.29, 1.82) is 0 Å². The summed E-state index contributed by atoms with van der Waals surface area (Å²) in [6.07, 6.45) is 1.59. The smallest absolute Gasteiger partial charge is 0.234 e. The van der Waals surface area contributed by atoms with Crippen molar-refractivity contribution in [2.45, 2.75) is 6.42 Å². The molecule has 0 bridgehead atoms. The van der Waals surface area contributed by atoms with Crippen molar-refractivity contribution >= 4 is 12.3 Å². The van der Waals surface area contributed by atoms with Crippen molar-refractivity contribution in [1.82, 2.24) is 15.1 Å². The highest BCUT2D eigenvalue weighted by Gasteiger charge is 2.17. The summed E-state index contributed by atoms with van der Waals surface area (Å²) in [5.41, 5.74) is 1.08. The molecule has 1 aromatic rings. The van der Waals surface area contributed by atoms with Gasteiger partial charge in [-0.15, -0.1) is 0 Å². The van der Waals surface area contributed by atoms with Gasteiger partial charge in [-0.25, -0.2) is 0 Å². The highest BCUT2D eigenvalue weighted by molar-refractivity contribution is 5.78. The van der Waals surface area contributed by atoms with Crippen LogP contribution in [0.2, 0.25) is 0 Å². The van der Waals surface area contributed by atoms with Crippen molar-refractivity contribution < 1.29 is 19.1 Å². The van der Waals surface area contributed by atoms with E-state index >= 15 is 0 Å². The average Bonchev–Trinajstić information content (AvgIpc) is 2.62. The van der Waals surface area contributed by atoms with Gasteiger partial charge in [0.1, 0.15) is 0 Å².